The van der Waals surface area contributed by atoms with Crippen LogP contribution in [0.3, 0.4) is 0 Å². The molecule has 5 nitrogen and oxygen atoms in total. The summed E-state index contributed by atoms with van der Waals surface area (Å²) in [7, 11) is 1.67. The van der Waals surface area contributed by atoms with Crippen LogP contribution in [0.1, 0.15) is 24.9 Å². The molecular formula is C16H17BrN4OS2. The molecule has 3 rings (SSSR count). The first-order chi connectivity index (χ1) is 11.7. The van der Waals surface area contributed by atoms with Gasteiger partial charge in [-0.1, -0.05) is 34.6 Å². The van der Waals surface area contributed by atoms with Gasteiger partial charge in [0.2, 0.25) is 5.16 Å². The van der Waals surface area contributed by atoms with E-state index in [0.717, 1.165) is 56.1 Å². The number of aryl methyl sites for hydroxylation is 1. The van der Waals surface area contributed by atoms with E-state index in [1.54, 1.807) is 30.2 Å². The fourth-order valence-electron chi connectivity index (χ4n) is 2.17. The first-order valence-electron chi connectivity index (χ1n) is 7.52. The number of H-pyrrole nitrogens is 1. The van der Waals surface area contributed by atoms with Crippen molar-refractivity contribution in [2.24, 2.45) is 0 Å². The van der Waals surface area contributed by atoms with Crippen LogP contribution in [0.2, 0.25) is 0 Å². The molecule has 0 amide bonds. The van der Waals surface area contributed by atoms with E-state index in [-0.39, 0.29) is 0 Å². The van der Waals surface area contributed by atoms with Gasteiger partial charge in [0.15, 0.2) is 0 Å². The second-order valence-corrected chi connectivity index (χ2v) is 7.81. The molecule has 8 heteroatoms. The van der Waals surface area contributed by atoms with Crippen molar-refractivity contribution in [1.29, 1.82) is 0 Å². The van der Waals surface area contributed by atoms with Crippen molar-refractivity contribution in [1.82, 2.24) is 20.2 Å². The van der Waals surface area contributed by atoms with Gasteiger partial charge < -0.3 is 4.74 Å². The van der Waals surface area contributed by atoms with Crippen LogP contribution in [-0.2, 0) is 12.2 Å². The number of methoxy groups -OCH3 is 1. The standard InChI is InChI=1S/C16H17BrN4OS2/c1-3-4-14-19-16(21-20-14)24-9-11-8-23-15(18-11)12-7-10(17)5-6-13(12)22-2/h5-8H,3-4,9H2,1-2H3,(H,19,20,21). The Morgan fingerprint density at radius 2 is 2.21 bits per heavy atom. The molecule has 0 unspecified atom stereocenters. The topological polar surface area (TPSA) is 63.7 Å². The largest absolute Gasteiger partial charge is 0.496 e. The lowest BCUT2D eigenvalue weighted by Crippen LogP contribution is -1.88. The van der Waals surface area contributed by atoms with Crippen LogP contribution >= 0.6 is 39.0 Å². The van der Waals surface area contributed by atoms with Crippen LogP contribution in [0, 0.1) is 0 Å². The molecule has 0 aliphatic carbocycles. The average molecular weight is 425 g/mol. The molecule has 0 bridgehead atoms. The number of halogens is 1. The normalized spacial score (nSPS) is 11.0. The highest BCUT2D eigenvalue weighted by atomic mass is 79.9. The molecule has 2 heterocycles. The Bertz CT molecular complexity index is 818. The van der Waals surface area contributed by atoms with E-state index in [1.807, 2.05) is 18.2 Å². The van der Waals surface area contributed by atoms with E-state index in [4.69, 9.17) is 9.72 Å². The molecule has 0 radical (unpaired) electrons. The predicted octanol–water partition coefficient (Wildman–Crippen LogP) is 4.94. The van der Waals surface area contributed by atoms with Crippen LogP contribution in [0.5, 0.6) is 5.75 Å². The van der Waals surface area contributed by atoms with E-state index in [1.165, 1.54) is 0 Å². The van der Waals surface area contributed by atoms with Crippen molar-refractivity contribution in [2.75, 3.05) is 7.11 Å². The Morgan fingerprint density at radius 1 is 1.33 bits per heavy atom. The lowest BCUT2D eigenvalue weighted by atomic mass is 10.2. The fourth-order valence-corrected chi connectivity index (χ4v) is 4.19. The van der Waals surface area contributed by atoms with E-state index in [0.29, 0.717) is 0 Å². The van der Waals surface area contributed by atoms with Crippen LogP contribution < -0.4 is 4.74 Å². The number of rotatable bonds is 7. The first kappa shape index (κ1) is 17.4. The Hall–Kier alpha value is -1.38. The van der Waals surface area contributed by atoms with Gasteiger partial charge in [0.05, 0.1) is 18.4 Å². The van der Waals surface area contributed by atoms with E-state index in [2.05, 4.69) is 43.4 Å². The van der Waals surface area contributed by atoms with Crippen molar-refractivity contribution in [2.45, 2.75) is 30.7 Å². The molecular weight excluding hydrogens is 408 g/mol. The SMILES string of the molecule is CCCc1nc(SCc2csc(-c3cc(Br)ccc3OC)n2)n[nH]1. The highest BCUT2D eigenvalue weighted by Gasteiger charge is 2.12. The Balaban J connectivity index is 1.70. The number of nitrogens with one attached hydrogen (secondary N) is 1. The third-order valence-electron chi connectivity index (χ3n) is 3.29. The number of thiazole rings is 1. The minimum absolute atomic E-state index is 0.746. The smallest absolute Gasteiger partial charge is 0.208 e. The highest BCUT2D eigenvalue weighted by molar-refractivity contribution is 9.10. The summed E-state index contributed by atoms with van der Waals surface area (Å²) in [4.78, 5) is 9.18. The van der Waals surface area contributed by atoms with Gasteiger partial charge in [0.25, 0.3) is 0 Å². The van der Waals surface area contributed by atoms with Crippen molar-refractivity contribution >= 4 is 39.0 Å². The number of aromatic amines is 1. The van der Waals surface area contributed by atoms with Gasteiger partial charge >= 0.3 is 0 Å². The van der Waals surface area contributed by atoms with E-state index >= 15 is 0 Å². The third-order valence-corrected chi connectivity index (χ3v) is 5.59. The molecule has 3 aromatic rings. The quantitative estimate of drug-likeness (QED) is 0.543. The molecule has 0 spiro atoms. The van der Waals surface area contributed by atoms with Gasteiger partial charge in [-0.25, -0.2) is 9.97 Å². The Morgan fingerprint density at radius 3 is 3.00 bits per heavy atom. The summed E-state index contributed by atoms with van der Waals surface area (Å²) >= 11 is 6.71. The summed E-state index contributed by atoms with van der Waals surface area (Å²) in [6.07, 6.45) is 1.99. The summed E-state index contributed by atoms with van der Waals surface area (Å²) < 4.78 is 6.44. The molecule has 0 atom stereocenters. The predicted molar refractivity (Wildman–Crippen MR) is 102 cm³/mol. The Kier molecular flexibility index (Phi) is 5.91. The van der Waals surface area contributed by atoms with Gasteiger partial charge in [-0.3, -0.25) is 5.10 Å². The summed E-state index contributed by atoms with van der Waals surface area (Å²) in [6.45, 7) is 2.13. The number of hydrogen-bond donors (Lipinski definition) is 1. The third kappa shape index (κ3) is 4.17. The maximum Gasteiger partial charge on any atom is 0.208 e. The maximum atomic E-state index is 5.44. The lowest BCUT2D eigenvalue weighted by Gasteiger charge is -2.06. The van der Waals surface area contributed by atoms with Crippen LogP contribution in [0.4, 0.5) is 0 Å². The minimum atomic E-state index is 0.746. The van der Waals surface area contributed by atoms with Gasteiger partial charge in [0, 0.05) is 22.0 Å². The van der Waals surface area contributed by atoms with Crippen molar-refractivity contribution < 1.29 is 4.74 Å². The van der Waals surface area contributed by atoms with Gasteiger partial charge in [-0.05, 0) is 24.6 Å². The number of benzene rings is 1. The number of nitrogens with zero attached hydrogens (tertiary/aromatic N) is 3. The van der Waals surface area contributed by atoms with Crippen LogP contribution in [-0.4, -0.2) is 27.3 Å². The molecule has 0 aliphatic heterocycles. The molecule has 1 aromatic carbocycles. The van der Waals surface area contributed by atoms with Crippen LogP contribution in [0.15, 0.2) is 33.2 Å². The molecule has 0 fully saturated rings. The van der Waals surface area contributed by atoms with E-state index in [9.17, 15) is 0 Å². The fraction of sp³-hybridized carbons (Fsp3) is 0.312. The van der Waals surface area contributed by atoms with Crippen molar-refractivity contribution in [3.05, 3.63) is 39.6 Å². The zero-order valence-electron chi connectivity index (χ0n) is 13.4. The maximum absolute atomic E-state index is 5.44. The zero-order valence-corrected chi connectivity index (χ0v) is 16.6. The highest BCUT2D eigenvalue weighted by Crippen LogP contribution is 2.35. The molecule has 1 N–H and O–H groups in total. The molecule has 0 saturated heterocycles. The molecule has 0 saturated carbocycles. The molecule has 126 valence electrons. The molecule has 0 aliphatic rings. The number of hydrogen-bond acceptors (Lipinski definition) is 6. The number of aromatic nitrogens is 4. The van der Waals surface area contributed by atoms with Gasteiger partial charge in [-0.15, -0.1) is 16.4 Å². The minimum Gasteiger partial charge on any atom is -0.496 e. The Labute approximate surface area is 157 Å². The summed E-state index contributed by atoms with van der Waals surface area (Å²) in [5.74, 6) is 2.51. The van der Waals surface area contributed by atoms with E-state index < -0.39 is 0 Å². The summed E-state index contributed by atoms with van der Waals surface area (Å²) in [6, 6.07) is 5.93. The van der Waals surface area contributed by atoms with Gasteiger partial charge in [-0.2, -0.15) is 0 Å². The van der Waals surface area contributed by atoms with Crippen molar-refractivity contribution in [3.8, 4) is 16.3 Å². The lowest BCUT2D eigenvalue weighted by molar-refractivity contribution is 0.416. The molecule has 24 heavy (non-hydrogen) atoms. The first-order valence-corrected chi connectivity index (χ1v) is 10.2. The summed E-state index contributed by atoms with van der Waals surface area (Å²) in [5, 5.41) is 11.0. The second kappa shape index (κ2) is 8.13. The average Bonchev–Trinajstić information content (AvgIpc) is 3.22. The number of ether oxygens (including phenoxy) is 1. The van der Waals surface area contributed by atoms with Crippen molar-refractivity contribution in [3.63, 3.8) is 0 Å². The van der Waals surface area contributed by atoms with Gasteiger partial charge in [0.1, 0.15) is 16.6 Å². The molecule has 2 aromatic heterocycles. The zero-order chi connectivity index (χ0) is 16.9. The van der Waals surface area contributed by atoms with Crippen LogP contribution in [0.25, 0.3) is 10.6 Å². The summed E-state index contributed by atoms with van der Waals surface area (Å²) in [5.41, 5.74) is 2.01. The second-order valence-electron chi connectivity index (χ2n) is 5.09. The monoisotopic (exact) mass is 424 g/mol. The number of thioether (sulfide) groups is 1.